The second-order valence-electron chi connectivity index (χ2n) is 8.81. The van der Waals surface area contributed by atoms with Crippen molar-refractivity contribution in [3.8, 4) is 0 Å². The molecule has 0 unspecified atom stereocenters. The van der Waals surface area contributed by atoms with Crippen molar-refractivity contribution in [2.75, 3.05) is 18.3 Å². The van der Waals surface area contributed by atoms with E-state index in [4.69, 9.17) is 0 Å². The Morgan fingerprint density at radius 3 is 2.64 bits per heavy atom. The van der Waals surface area contributed by atoms with Gasteiger partial charge in [0.2, 0.25) is 0 Å². The molecule has 0 radical (unpaired) electrons. The van der Waals surface area contributed by atoms with Gasteiger partial charge < -0.3 is 4.98 Å². The molecule has 0 amide bonds. The van der Waals surface area contributed by atoms with Gasteiger partial charge in [0.15, 0.2) is 11.6 Å². The highest BCUT2D eigenvalue weighted by Crippen LogP contribution is 2.39. The third-order valence-corrected chi connectivity index (χ3v) is 7.90. The summed E-state index contributed by atoms with van der Waals surface area (Å²) < 4.78 is 43.3. The lowest BCUT2D eigenvalue weighted by molar-refractivity contribution is 0.103. The smallest absolute Gasteiger partial charge is 0.301 e. The fourth-order valence-corrected chi connectivity index (χ4v) is 4.77. The maximum Gasteiger partial charge on any atom is 0.301 e. The molecule has 3 aromatic rings. The second kappa shape index (κ2) is 10.2. The average Bonchev–Trinajstić information content (AvgIpc) is 3.66. The molecule has 1 saturated carbocycles. The molecule has 4 rings (SSSR count). The van der Waals surface area contributed by atoms with Gasteiger partial charge in [0.1, 0.15) is 0 Å². The van der Waals surface area contributed by atoms with Crippen LogP contribution in [0.1, 0.15) is 64.1 Å². The molecular formula is C27H29FN4O3S. The summed E-state index contributed by atoms with van der Waals surface area (Å²) in [5, 5.41) is 0. The van der Waals surface area contributed by atoms with Crippen LogP contribution in [0, 0.1) is 12.7 Å². The van der Waals surface area contributed by atoms with Crippen molar-refractivity contribution in [2.24, 2.45) is 0 Å². The zero-order valence-corrected chi connectivity index (χ0v) is 21.3. The van der Waals surface area contributed by atoms with Gasteiger partial charge in [0.25, 0.3) is 0 Å². The molecule has 0 spiro atoms. The van der Waals surface area contributed by atoms with Gasteiger partial charge in [-0.15, -0.1) is 0 Å². The third-order valence-electron chi connectivity index (χ3n) is 6.34. The Balaban J connectivity index is 1.68. The van der Waals surface area contributed by atoms with Gasteiger partial charge >= 0.3 is 10.2 Å². The molecule has 36 heavy (non-hydrogen) atoms. The topological polar surface area (TPSA) is 95.2 Å². The van der Waals surface area contributed by atoms with E-state index < -0.39 is 21.8 Å². The van der Waals surface area contributed by atoms with Crippen LogP contribution in [0.3, 0.4) is 0 Å². The number of benzene rings is 1. The van der Waals surface area contributed by atoms with Gasteiger partial charge in [-0.3, -0.25) is 14.5 Å². The van der Waals surface area contributed by atoms with Gasteiger partial charge in [-0.05, 0) is 49.6 Å². The monoisotopic (exact) mass is 508 g/mol. The first-order chi connectivity index (χ1) is 17.2. The number of nitrogens with zero attached hydrogens (tertiary/aromatic N) is 2. The quantitative estimate of drug-likeness (QED) is 0.287. The molecule has 0 bridgehead atoms. The Morgan fingerprint density at radius 1 is 1.28 bits per heavy atom. The highest BCUT2D eigenvalue weighted by molar-refractivity contribution is 7.90. The zero-order chi connectivity index (χ0) is 26.0. The van der Waals surface area contributed by atoms with Gasteiger partial charge in [-0.1, -0.05) is 31.7 Å². The van der Waals surface area contributed by atoms with E-state index in [1.165, 1.54) is 44.3 Å². The number of aromatic nitrogens is 2. The SMILES string of the molecule is C=C/C(=C\c1c(C(=O)c2cccc(NS(=O)(=O)N(C)CC)c2F)c[nH]c1C)c1ccc(C2CC2)nc1. The summed E-state index contributed by atoms with van der Waals surface area (Å²) in [5.74, 6) is -0.962. The van der Waals surface area contributed by atoms with Crippen LogP contribution in [-0.2, 0) is 10.2 Å². The Labute approximate surface area is 211 Å². The molecule has 9 heteroatoms. The zero-order valence-electron chi connectivity index (χ0n) is 20.5. The minimum absolute atomic E-state index is 0.207. The molecule has 1 aliphatic rings. The standard InChI is InChI=1S/C27H29FN4O3S/c1-5-18(20-12-13-24(30-15-20)19-10-11-19)14-22-17(3)29-16-23(22)27(33)21-8-7-9-25(26(21)28)31-36(34,35)32(4)6-2/h5,7-9,12-16,19,29,31H,1,6,10-11H2,2-4H3/b18-14+. The lowest BCUT2D eigenvalue weighted by Crippen LogP contribution is -2.32. The van der Waals surface area contributed by atoms with Crippen molar-refractivity contribution in [3.63, 3.8) is 0 Å². The molecule has 2 N–H and O–H groups in total. The molecule has 0 saturated heterocycles. The minimum atomic E-state index is -3.95. The van der Waals surface area contributed by atoms with Crippen LogP contribution in [0.15, 0.2) is 55.4 Å². The first-order valence-corrected chi connectivity index (χ1v) is 13.2. The number of anilines is 1. The number of H-pyrrole nitrogens is 1. The van der Waals surface area contributed by atoms with E-state index in [0.29, 0.717) is 11.5 Å². The second-order valence-corrected chi connectivity index (χ2v) is 10.6. The van der Waals surface area contributed by atoms with E-state index in [1.807, 2.05) is 25.1 Å². The van der Waals surface area contributed by atoms with Crippen molar-refractivity contribution < 1.29 is 17.6 Å². The fourth-order valence-electron chi connectivity index (χ4n) is 3.84. The van der Waals surface area contributed by atoms with Gasteiger partial charge in [-0.2, -0.15) is 12.7 Å². The number of aromatic amines is 1. The number of allylic oxidation sites excluding steroid dienone is 2. The number of halogens is 1. The Kier molecular flexibility index (Phi) is 7.23. The summed E-state index contributed by atoms with van der Waals surface area (Å²) in [6.45, 7) is 7.60. The Morgan fingerprint density at radius 2 is 2.03 bits per heavy atom. The summed E-state index contributed by atoms with van der Waals surface area (Å²) >= 11 is 0. The summed E-state index contributed by atoms with van der Waals surface area (Å²) in [4.78, 5) is 21.0. The number of carbonyl (C=O) groups is 1. The van der Waals surface area contributed by atoms with Crippen LogP contribution in [0.2, 0.25) is 0 Å². The highest BCUT2D eigenvalue weighted by atomic mass is 32.2. The minimum Gasteiger partial charge on any atom is -0.364 e. The number of rotatable bonds is 10. The summed E-state index contributed by atoms with van der Waals surface area (Å²) in [5.41, 5.74) is 3.75. The van der Waals surface area contributed by atoms with Crippen molar-refractivity contribution in [1.29, 1.82) is 0 Å². The first-order valence-electron chi connectivity index (χ1n) is 11.7. The Bertz CT molecular complexity index is 1440. The molecule has 1 aliphatic carbocycles. The number of aryl methyl sites for hydroxylation is 1. The van der Waals surface area contributed by atoms with Crippen molar-refractivity contribution in [1.82, 2.24) is 14.3 Å². The third kappa shape index (κ3) is 5.17. The molecular weight excluding hydrogens is 479 g/mol. The van der Waals surface area contributed by atoms with E-state index in [1.54, 1.807) is 19.2 Å². The average molecular weight is 509 g/mol. The maximum atomic E-state index is 15.3. The van der Waals surface area contributed by atoms with Gasteiger partial charge in [0, 0.05) is 60.0 Å². The molecule has 7 nitrogen and oxygen atoms in total. The number of hydrogen-bond acceptors (Lipinski definition) is 4. The molecule has 1 fully saturated rings. The van der Waals surface area contributed by atoms with Crippen LogP contribution in [0.5, 0.6) is 0 Å². The summed E-state index contributed by atoms with van der Waals surface area (Å²) in [6, 6.07) is 8.06. The number of carbonyl (C=O) groups excluding carboxylic acids is 1. The highest BCUT2D eigenvalue weighted by Gasteiger charge is 2.25. The van der Waals surface area contributed by atoms with Gasteiger partial charge in [0.05, 0.1) is 11.3 Å². The van der Waals surface area contributed by atoms with Gasteiger partial charge in [-0.25, -0.2) is 4.39 Å². The van der Waals surface area contributed by atoms with E-state index in [-0.39, 0.29) is 23.4 Å². The van der Waals surface area contributed by atoms with E-state index >= 15 is 4.39 Å². The summed E-state index contributed by atoms with van der Waals surface area (Å²) in [7, 11) is -2.57. The molecule has 1 aromatic carbocycles. The first kappa shape index (κ1) is 25.5. The van der Waals surface area contributed by atoms with Crippen molar-refractivity contribution in [2.45, 2.75) is 32.6 Å². The predicted molar refractivity (Wildman–Crippen MR) is 140 cm³/mol. The largest absolute Gasteiger partial charge is 0.364 e. The van der Waals surface area contributed by atoms with Crippen LogP contribution in [0.4, 0.5) is 10.1 Å². The lowest BCUT2D eigenvalue weighted by Gasteiger charge is -2.17. The number of pyridine rings is 1. The molecule has 188 valence electrons. The Hall–Kier alpha value is -3.56. The molecule has 0 aliphatic heterocycles. The lowest BCUT2D eigenvalue weighted by atomic mass is 9.97. The summed E-state index contributed by atoms with van der Waals surface area (Å²) in [6.07, 6.45) is 9.17. The fraction of sp³-hybridized carbons (Fsp3) is 0.259. The van der Waals surface area contributed by atoms with Crippen molar-refractivity contribution in [3.05, 3.63) is 94.8 Å². The number of nitrogens with one attached hydrogen (secondary N) is 2. The van der Waals surface area contributed by atoms with Crippen molar-refractivity contribution >= 4 is 33.3 Å². The van der Waals surface area contributed by atoms with Crippen LogP contribution in [0.25, 0.3) is 11.6 Å². The van der Waals surface area contributed by atoms with Crippen LogP contribution < -0.4 is 4.72 Å². The van der Waals surface area contributed by atoms with Crippen LogP contribution >= 0.6 is 0 Å². The van der Waals surface area contributed by atoms with E-state index in [9.17, 15) is 13.2 Å². The molecule has 2 heterocycles. The van der Waals surface area contributed by atoms with E-state index in [2.05, 4.69) is 21.3 Å². The van der Waals surface area contributed by atoms with Crippen LogP contribution in [-0.4, -0.2) is 42.1 Å². The maximum absolute atomic E-state index is 15.3. The predicted octanol–water partition coefficient (Wildman–Crippen LogP) is 5.30. The number of hydrogen-bond donors (Lipinski definition) is 2. The molecule has 0 atom stereocenters. The molecule has 2 aromatic heterocycles. The van der Waals surface area contributed by atoms with E-state index in [0.717, 1.165) is 26.8 Å². The number of ketones is 1. The normalized spacial score (nSPS) is 14.2.